The van der Waals surface area contributed by atoms with Crippen molar-refractivity contribution in [2.45, 2.75) is 83.0 Å². The number of hydrogen-bond acceptors (Lipinski definition) is 5. The molecule has 0 bridgehead atoms. The monoisotopic (exact) mass is 386 g/mol. The summed E-state index contributed by atoms with van der Waals surface area (Å²) in [4.78, 5) is 12.9. The predicted octanol–water partition coefficient (Wildman–Crippen LogP) is 3.65. The van der Waals surface area contributed by atoms with Gasteiger partial charge in [-0.1, -0.05) is 20.8 Å². The van der Waals surface area contributed by atoms with E-state index in [2.05, 4.69) is 31.0 Å². The maximum absolute atomic E-state index is 9.07. The number of likely N-dealkylation sites (tertiary alicyclic amines) is 1. The molecule has 0 radical (unpaired) electrons. The molecule has 2 fully saturated rings. The van der Waals surface area contributed by atoms with Crippen LogP contribution in [0.5, 0.6) is 0 Å². The van der Waals surface area contributed by atoms with Gasteiger partial charge in [-0.05, 0) is 63.8 Å². The first kappa shape index (κ1) is 20.1. The van der Waals surface area contributed by atoms with Gasteiger partial charge in [0, 0.05) is 42.6 Å². The predicted molar refractivity (Wildman–Crippen MR) is 114 cm³/mol. The van der Waals surface area contributed by atoms with Crippen LogP contribution >= 0.6 is 0 Å². The lowest BCUT2D eigenvalue weighted by Gasteiger charge is -2.41. The van der Waals surface area contributed by atoms with E-state index in [9.17, 15) is 0 Å². The number of fused-ring (bicyclic) bond motifs is 2. The fraction of sp³-hybridized carbons (Fsp3) is 0.826. The van der Waals surface area contributed by atoms with Gasteiger partial charge in [-0.2, -0.15) is 0 Å². The molecule has 5 heteroatoms. The number of nitrogens with zero attached hydrogens (tertiary/aromatic N) is 3. The standard InChI is InChI=1S/C23H38N4O/c1-22(2,3)21-25-19-18(20(26-21)24-12-4-5-14-28)9-11-23(19)10-6-13-27(16-23)15-17-7-8-17/h17,28H,4-16H2,1-3H3,(H,24,25,26). The Morgan fingerprint density at radius 3 is 2.71 bits per heavy atom. The molecule has 1 aromatic heterocycles. The van der Waals surface area contributed by atoms with E-state index in [1.54, 1.807) is 0 Å². The summed E-state index contributed by atoms with van der Waals surface area (Å²) in [6.45, 7) is 11.5. The number of piperidine rings is 1. The number of aliphatic hydroxyl groups is 1. The van der Waals surface area contributed by atoms with Gasteiger partial charge in [-0.3, -0.25) is 0 Å². The number of hydrogen-bond donors (Lipinski definition) is 2. The summed E-state index contributed by atoms with van der Waals surface area (Å²) in [6, 6.07) is 0. The zero-order valence-corrected chi connectivity index (χ0v) is 18.1. The topological polar surface area (TPSA) is 61.3 Å². The van der Waals surface area contributed by atoms with Gasteiger partial charge < -0.3 is 15.3 Å². The maximum Gasteiger partial charge on any atom is 0.136 e. The van der Waals surface area contributed by atoms with E-state index in [0.29, 0.717) is 0 Å². The van der Waals surface area contributed by atoms with Crippen molar-refractivity contribution in [3.05, 3.63) is 17.1 Å². The lowest BCUT2D eigenvalue weighted by molar-refractivity contribution is 0.138. The summed E-state index contributed by atoms with van der Waals surface area (Å²) in [7, 11) is 0. The van der Waals surface area contributed by atoms with Crippen molar-refractivity contribution in [3.63, 3.8) is 0 Å². The SMILES string of the molecule is CC(C)(C)c1nc(NCCCCO)c2c(n1)C1(CCCN(CC3CC3)C1)CC2. The number of aromatic nitrogens is 2. The van der Waals surface area contributed by atoms with Crippen molar-refractivity contribution in [2.75, 3.05) is 38.1 Å². The molecule has 0 aromatic carbocycles. The van der Waals surface area contributed by atoms with Crippen LogP contribution in [0.1, 0.15) is 82.8 Å². The van der Waals surface area contributed by atoms with Gasteiger partial charge in [0.1, 0.15) is 11.6 Å². The zero-order chi connectivity index (χ0) is 19.8. The van der Waals surface area contributed by atoms with Crippen molar-refractivity contribution in [1.82, 2.24) is 14.9 Å². The van der Waals surface area contributed by atoms with Gasteiger partial charge in [0.15, 0.2) is 0 Å². The molecule has 156 valence electrons. The lowest BCUT2D eigenvalue weighted by Crippen LogP contribution is -2.46. The summed E-state index contributed by atoms with van der Waals surface area (Å²) in [5.41, 5.74) is 2.89. The van der Waals surface area contributed by atoms with Crippen LogP contribution in [0.15, 0.2) is 0 Å². The van der Waals surface area contributed by atoms with Crippen LogP contribution in [0.2, 0.25) is 0 Å². The van der Waals surface area contributed by atoms with Gasteiger partial charge in [0.2, 0.25) is 0 Å². The van der Waals surface area contributed by atoms with Crippen LogP contribution < -0.4 is 5.32 Å². The molecule has 2 heterocycles. The second-order valence-electron chi connectivity index (χ2n) is 10.4. The van der Waals surface area contributed by atoms with Crippen LogP contribution in [-0.4, -0.2) is 52.8 Å². The highest BCUT2D eigenvalue weighted by atomic mass is 16.2. The molecule has 1 spiro atoms. The molecule has 1 atom stereocenters. The first-order valence-electron chi connectivity index (χ1n) is 11.4. The van der Waals surface area contributed by atoms with Gasteiger partial charge >= 0.3 is 0 Å². The van der Waals surface area contributed by atoms with Gasteiger partial charge in [0.05, 0.1) is 5.69 Å². The third kappa shape index (κ3) is 4.20. The molecule has 1 unspecified atom stereocenters. The number of anilines is 1. The fourth-order valence-corrected chi connectivity index (χ4v) is 5.01. The number of aliphatic hydroxyl groups excluding tert-OH is 1. The fourth-order valence-electron chi connectivity index (χ4n) is 5.01. The average Bonchev–Trinajstić information content (AvgIpc) is 3.40. The molecule has 0 amide bonds. The second-order valence-corrected chi connectivity index (χ2v) is 10.4. The van der Waals surface area contributed by atoms with Crippen molar-refractivity contribution in [1.29, 1.82) is 0 Å². The smallest absolute Gasteiger partial charge is 0.136 e. The van der Waals surface area contributed by atoms with Gasteiger partial charge in [-0.15, -0.1) is 0 Å². The Hall–Kier alpha value is -1.20. The Bertz CT molecular complexity index is 695. The highest BCUT2D eigenvalue weighted by molar-refractivity contribution is 5.52. The normalized spacial score (nSPS) is 25.3. The Morgan fingerprint density at radius 2 is 2.00 bits per heavy atom. The van der Waals surface area contributed by atoms with Crippen molar-refractivity contribution >= 4 is 5.82 Å². The third-order valence-corrected chi connectivity index (χ3v) is 6.78. The number of rotatable bonds is 7. The van der Waals surface area contributed by atoms with Crippen LogP contribution in [-0.2, 0) is 17.3 Å². The van der Waals surface area contributed by atoms with E-state index in [1.165, 1.54) is 63.0 Å². The molecule has 1 saturated carbocycles. The first-order valence-corrected chi connectivity index (χ1v) is 11.4. The Balaban J connectivity index is 1.62. The molecule has 1 saturated heterocycles. The third-order valence-electron chi connectivity index (χ3n) is 6.78. The zero-order valence-electron chi connectivity index (χ0n) is 18.1. The summed E-state index contributed by atoms with van der Waals surface area (Å²) >= 11 is 0. The molecule has 5 nitrogen and oxygen atoms in total. The molecule has 1 aliphatic heterocycles. The Kier molecular flexibility index (Phi) is 5.67. The van der Waals surface area contributed by atoms with Gasteiger partial charge in [-0.25, -0.2) is 9.97 Å². The summed E-state index contributed by atoms with van der Waals surface area (Å²) in [5.74, 6) is 2.98. The van der Waals surface area contributed by atoms with E-state index in [1.807, 2.05) is 0 Å². The Labute approximate surface area is 170 Å². The molecule has 1 aromatic rings. The molecule has 28 heavy (non-hydrogen) atoms. The number of nitrogens with one attached hydrogen (secondary N) is 1. The minimum Gasteiger partial charge on any atom is -0.396 e. The minimum atomic E-state index is -0.0529. The van der Waals surface area contributed by atoms with E-state index >= 15 is 0 Å². The summed E-state index contributed by atoms with van der Waals surface area (Å²) < 4.78 is 0. The van der Waals surface area contributed by atoms with Crippen LogP contribution in [0.3, 0.4) is 0 Å². The number of unbranched alkanes of at least 4 members (excludes halogenated alkanes) is 1. The highest BCUT2D eigenvalue weighted by Crippen LogP contribution is 2.47. The largest absolute Gasteiger partial charge is 0.396 e. The maximum atomic E-state index is 9.07. The molecule has 2 N–H and O–H groups in total. The first-order chi connectivity index (χ1) is 13.4. The molecule has 3 aliphatic rings. The average molecular weight is 387 g/mol. The lowest BCUT2D eigenvalue weighted by atomic mass is 9.77. The van der Waals surface area contributed by atoms with Gasteiger partial charge in [0.25, 0.3) is 0 Å². The van der Waals surface area contributed by atoms with Crippen LogP contribution in [0.4, 0.5) is 5.82 Å². The van der Waals surface area contributed by atoms with Crippen molar-refractivity contribution in [3.8, 4) is 0 Å². The van der Waals surface area contributed by atoms with E-state index < -0.39 is 0 Å². The molecule has 4 rings (SSSR count). The van der Waals surface area contributed by atoms with E-state index in [-0.39, 0.29) is 17.4 Å². The van der Waals surface area contributed by atoms with Crippen LogP contribution in [0, 0.1) is 5.92 Å². The Morgan fingerprint density at radius 1 is 1.18 bits per heavy atom. The van der Waals surface area contributed by atoms with Crippen molar-refractivity contribution < 1.29 is 5.11 Å². The quantitative estimate of drug-likeness (QED) is 0.701. The highest BCUT2D eigenvalue weighted by Gasteiger charge is 2.45. The van der Waals surface area contributed by atoms with Crippen molar-refractivity contribution in [2.24, 2.45) is 5.92 Å². The second kappa shape index (κ2) is 7.91. The summed E-state index contributed by atoms with van der Waals surface area (Å²) in [6.07, 6.45) is 9.55. The molecule has 2 aliphatic carbocycles. The van der Waals surface area contributed by atoms with E-state index in [4.69, 9.17) is 15.1 Å². The van der Waals surface area contributed by atoms with Crippen LogP contribution in [0.25, 0.3) is 0 Å². The summed E-state index contributed by atoms with van der Waals surface area (Å²) in [5, 5.41) is 12.7. The van der Waals surface area contributed by atoms with E-state index in [0.717, 1.165) is 43.4 Å². The minimum absolute atomic E-state index is 0.0529. The molecular formula is C23H38N4O. The molecular weight excluding hydrogens is 348 g/mol.